The van der Waals surface area contributed by atoms with Crippen molar-refractivity contribution in [3.63, 3.8) is 0 Å². The first-order valence-electron chi connectivity index (χ1n) is 17.6. The van der Waals surface area contributed by atoms with Crippen molar-refractivity contribution in [3.8, 4) is 11.8 Å². The van der Waals surface area contributed by atoms with Gasteiger partial charge in [0, 0.05) is 41.1 Å². The zero-order chi connectivity index (χ0) is 42.1. The molecule has 306 valence electrons. The minimum Gasteiger partial charge on any atom is -0.472 e. The molecule has 19 heteroatoms. The number of carbonyl (C=O) groups is 2. The number of benzene rings is 2. The summed E-state index contributed by atoms with van der Waals surface area (Å²) in [5.41, 5.74) is 4.52. The molecule has 0 saturated carbocycles. The van der Waals surface area contributed by atoms with Crippen LogP contribution in [0.15, 0.2) is 108 Å². The Hall–Kier alpha value is -5.56. The van der Waals surface area contributed by atoms with Gasteiger partial charge in [0.05, 0.1) is 48.5 Å². The van der Waals surface area contributed by atoms with Gasteiger partial charge in [-0.25, -0.2) is 9.97 Å². The number of aliphatic hydroxyl groups excluding tert-OH is 2. The van der Waals surface area contributed by atoms with Crippen molar-refractivity contribution in [2.24, 2.45) is 0 Å². The average molecular weight is 878 g/mol. The van der Waals surface area contributed by atoms with Crippen LogP contribution in [0.1, 0.15) is 54.4 Å². The minimum absolute atomic E-state index is 0.0103. The summed E-state index contributed by atoms with van der Waals surface area (Å²) in [6.45, 7) is 0.428. The van der Waals surface area contributed by atoms with Gasteiger partial charge in [0.25, 0.3) is 11.8 Å². The average Bonchev–Trinajstić information content (AvgIpc) is 3.26. The molecule has 0 saturated heterocycles. The van der Waals surface area contributed by atoms with Crippen LogP contribution in [0.4, 0.5) is 0 Å². The molecular weight excluding hydrogens is 840 g/mol. The van der Waals surface area contributed by atoms with Crippen LogP contribution >= 0.6 is 35.0 Å². The van der Waals surface area contributed by atoms with Gasteiger partial charge in [-0.2, -0.15) is 9.97 Å². The Morgan fingerprint density at radius 1 is 0.712 bits per heavy atom. The van der Waals surface area contributed by atoms with Crippen molar-refractivity contribution in [1.29, 1.82) is 0 Å². The Kier molecular flexibility index (Phi) is 17.0. The van der Waals surface area contributed by atoms with Gasteiger partial charge in [0.15, 0.2) is 5.16 Å². The largest absolute Gasteiger partial charge is 0.472 e. The van der Waals surface area contributed by atoms with Crippen molar-refractivity contribution in [2.75, 3.05) is 12.5 Å². The van der Waals surface area contributed by atoms with Gasteiger partial charge >= 0.3 is 0 Å². The number of hydrogen-bond acceptors (Lipinski definition) is 14. The molecule has 4 N–H and O–H groups in total. The van der Waals surface area contributed by atoms with Crippen molar-refractivity contribution in [3.05, 3.63) is 152 Å². The number of nitrogens with zero attached hydrogens (tertiary/aromatic N) is 6. The molecule has 0 fully saturated rings. The topological polar surface area (TPSA) is 212 Å². The number of aliphatic hydroxyl groups is 2. The van der Waals surface area contributed by atoms with E-state index in [2.05, 4.69) is 40.5 Å². The van der Waals surface area contributed by atoms with Gasteiger partial charge < -0.3 is 30.3 Å². The maximum absolute atomic E-state index is 12.6. The third-order valence-corrected chi connectivity index (χ3v) is 10.0. The van der Waals surface area contributed by atoms with Crippen LogP contribution in [0.25, 0.3) is 0 Å². The number of halogens is 2. The van der Waals surface area contributed by atoms with Crippen LogP contribution in [-0.4, -0.2) is 68.7 Å². The van der Waals surface area contributed by atoms with Crippen molar-refractivity contribution >= 4 is 57.6 Å². The van der Waals surface area contributed by atoms with Crippen LogP contribution in [0, 0.1) is 0 Å². The summed E-state index contributed by atoms with van der Waals surface area (Å²) in [5, 5.41) is 25.4. The molecule has 6 rings (SSSR count). The maximum Gasteiger partial charge on any atom is 0.258 e. The number of thioether (sulfide) groups is 1. The zero-order valence-corrected chi connectivity index (χ0v) is 34.8. The minimum atomic E-state index is -1.44. The summed E-state index contributed by atoms with van der Waals surface area (Å²) >= 11 is 13.6. The fraction of sp³-hybridized carbons (Fsp3) is 0.200. The number of amides is 2. The van der Waals surface area contributed by atoms with E-state index in [1.807, 2.05) is 30.5 Å². The molecule has 59 heavy (non-hydrogen) atoms. The lowest BCUT2D eigenvalue weighted by Gasteiger charge is -2.12. The Balaban J connectivity index is 0.000000224. The molecule has 0 bridgehead atoms. The summed E-state index contributed by atoms with van der Waals surface area (Å²) < 4.78 is 23.3. The van der Waals surface area contributed by atoms with E-state index < -0.39 is 16.7 Å². The lowest BCUT2D eigenvalue weighted by atomic mass is 10.1. The van der Waals surface area contributed by atoms with Gasteiger partial charge in [-0.05, 0) is 64.9 Å². The number of carbonyl (C=O) groups excluding carboxylic acids is 2. The Labute approximate surface area is 356 Å². The van der Waals surface area contributed by atoms with Gasteiger partial charge in [0.2, 0.25) is 16.9 Å². The van der Waals surface area contributed by atoms with Crippen molar-refractivity contribution < 1.29 is 33.5 Å². The highest BCUT2D eigenvalue weighted by Gasteiger charge is 2.19. The predicted molar refractivity (Wildman–Crippen MR) is 222 cm³/mol. The molecule has 0 aliphatic rings. The first-order chi connectivity index (χ1) is 28.6. The number of rotatable bonds is 16. The van der Waals surface area contributed by atoms with Crippen LogP contribution in [0.5, 0.6) is 11.8 Å². The van der Waals surface area contributed by atoms with Gasteiger partial charge in [-0.15, -0.1) is 0 Å². The van der Waals surface area contributed by atoms with Crippen molar-refractivity contribution in [2.45, 2.75) is 49.8 Å². The second-order valence-corrected chi connectivity index (χ2v) is 15.0. The van der Waals surface area contributed by atoms with Gasteiger partial charge in [0.1, 0.15) is 24.3 Å². The third-order valence-electron chi connectivity index (χ3n) is 8.03. The highest BCUT2D eigenvalue weighted by molar-refractivity contribution is 7.98. The SMILES string of the molecule is CS(=O)c1ncc(C(=O)NCc2ccccn2)c(OCc2ccc(CO)c(Cl)c2)n1.CSc1ncc(C(=O)NCc2ccccn2)c(OCc2ccc(CO)c(Cl)c2)n1. The normalized spacial score (nSPS) is 11.2. The summed E-state index contributed by atoms with van der Waals surface area (Å²) in [6.07, 6.45) is 9.32. The smallest absolute Gasteiger partial charge is 0.258 e. The third kappa shape index (κ3) is 13.2. The molecule has 2 amide bonds. The van der Waals surface area contributed by atoms with Gasteiger partial charge in [-0.1, -0.05) is 71.4 Å². The summed E-state index contributed by atoms with van der Waals surface area (Å²) in [7, 11) is -1.44. The molecule has 1 unspecified atom stereocenters. The fourth-order valence-corrected chi connectivity index (χ4v) is 6.20. The predicted octanol–water partition coefficient (Wildman–Crippen LogP) is 5.51. The van der Waals surface area contributed by atoms with E-state index in [4.69, 9.17) is 32.7 Å². The van der Waals surface area contributed by atoms with Gasteiger partial charge in [-0.3, -0.25) is 23.8 Å². The molecule has 15 nitrogen and oxygen atoms in total. The first kappa shape index (κ1) is 44.5. The number of pyridine rings is 2. The standard InChI is InChI=1S/C20H19ClN4O4S.C20H19ClN4O3S/c1-30(28)20-24-10-16(18(27)23-9-15-4-2-3-7-22-15)19(25-20)29-12-13-5-6-14(11-26)17(21)8-13;1-29-20-24-10-16(18(27)23-9-15-4-2-3-7-22-15)19(25-20)28-12-13-5-6-14(11-26)17(21)8-13/h2-8,10,26H,9,11-12H2,1H3,(H,23,27);2-8,10,26H,9,11-12H2,1H3,(H,23,27). The number of aromatic nitrogens is 6. The van der Waals surface area contributed by atoms with E-state index in [-0.39, 0.29) is 73.5 Å². The molecule has 0 radical (unpaired) electrons. The summed E-state index contributed by atoms with van der Waals surface area (Å²) in [5.74, 6) is -0.606. The maximum atomic E-state index is 12.6. The van der Waals surface area contributed by atoms with Crippen LogP contribution in [-0.2, 0) is 50.3 Å². The highest BCUT2D eigenvalue weighted by atomic mass is 35.5. The first-order valence-corrected chi connectivity index (χ1v) is 21.1. The molecule has 0 aliphatic carbocycles. The monoisotopic (exact) mass is 876 g/mol. The lowest BCUT2D eigenvalue weighted by Crippen LogP contribution is -2.24. The molecule has 1 atom stereocenters. The van der Waals surface area contributed by atoms with Crippen LogP contribution in [0.2, 0.25) is 10.0 Å². The van der Waals surface area contributed by atoms with E-state index in [0.29, 0.717) is 32.0 Å². The number of hydrogen-bond donors (Lipinski definition) is 4. The highest BCUT2D eigenvalue weighted by Crippen LogP contribution is 2.24. The second kappa shape index (κ2) is 22.6. The van der Waals surface area contributed by atoms with Crippen molar-refractivity contribution in [1.82, 2.24) is 40.5 Å². The second-order valence-electron chi connectivity index (χ2n) is 12.2. The zero-order valence-electron chi connectivity index (χ0n) is 31.7. The lowest BCUT2D eigenvalue weighted by molar-refractivity contribution is 0.0935. The van der Waals surface area contributed by atoms with Crippen LogP contribution in [0.3, 0.4) is 0 Å². The summed E-state index contributed by atoms with van der Waals surface area (Å²) in [6, 6.07) is 21.2. The van der Waals surface area contributed by atoms with E-state index >= 15 is 0 Å². The Morgan fingerprint density at radius 3 is 1.63 bits per heavy atom. The molecule has 2 aromatic carbocycles. The molecule has 0 aliphatic heterocycles. The quantitative estimate of drug-likeness (QED) is 0.0698. The Bertz CT molecular complexity index is 2390. The van der Waals surface area contributed by atoms with Crippen LogP contribution < -0.4 is 20.1 Å². The Morgan fingerprint density at radius 2 is 1.20 bits per heavy atom. The molecular formula is C40H38Cl2N8O7S2. The number of nitrogens with one attached hydrogen (secondary N) is 2. The molecule has 6 aromatic rings. The van der Waals surface area contributed by atoms with E-state index in [1.54, 1.807) is 60.9 Å². The molecule has 4 heterocycles. The summed E-state index contributed by atoms with van der Waals surface area (Å²) in [4.78, 5) is 50.2. The fourth-order valence-electron chi connectivity index (χ4n) is 4.93. The number of ether oxygens (including phenoxy) is 2. The van der Waals surface area contributed by atoms with E-state index in [9.17, 15) is 24.0 Å². The van der Waals surface area contributed by atoms with E-state index in [1.165, 1.54) is 30.4 Å². The van der Waals surface area contributed by atoms with E-state index in [0.717, 1.165) is 16.8 Å². The molecule has 4 aromatic heterocycles. The molecule has 0 spiro atoms.